The van der Waals surface area contributed by atoms with Crippen LogP contribution in [0.2, 0.25) is 0 Å². The molecule has 2 unspecified atom stereocenters. The second kappa shape index (κ2) is 24.4. The van der Waals surface area contributed by atoms with Gasteiger partial charge >= 0.3 is 5.97 Å². The zero-order valence-electron chi connectivity index (χ0n) is 42.3. The molecule has 17 nitrogen and oxygen atoms in total. The van der Waals surface area contributed by atoms with Crippen LogP contribution >= 0.6 is 8.30 Å². The first-order valence-corrected chi connectivity index (χ1v) is 25.2. The number of esters is 1. The molecule has 0 bridgehead atoms. The number of methoxy groups -OCH3 is 3. The second-order valence-corrected chi connectivity index (χ2v) is 20.0. The van der Waals surface area contributed by atoms with Crippen LogP contribution in [0, 0.1) is 11.3 Å². The van der Waals surface area contributed by atoms with Gasteiger partial charge in [-0.15, -0.1) is 0 Å². The van der Waals surface area contributed by atoms with Crippen molar-refractivity contribution in [1.82, 2.24) is 24.2 Å². The average Bonchev–Trinajstić information content (AvgIpc) is 3.96. The highest BCUT2D eigenvalue weighted by atomic mass is 31.2. The fourth-order valence-corrected chi connectivity index (χ4v) is 11.1. The smallest absolute Gasteiger partial charge is 0.314 e. The first-order chi connectivity index (χ1) is 34.7. The van der Waals surface area contributed by atoms with Crippen molar-refractivity contribution >= 4 is 37.2 Å². The van der Waals surface area contributed by atoms with Gasteiger partial charge in [0.15, 0.2) is 23.2 Å². The Morgan fingerprint density at radius 1 is 0.806 bits per heavy atom. The SMILES string of the molecule is COCCO[C@H]1C(OP(CC(=O)OC(C)(C)CC#N)N(C(C)C)C(C)C)[C@@H](COC(c2ccccc2)(c2ccc(OC)cc2)c2ccc(OC)cc2)O[C@H]1n1cnc2c(NC(=O)c3ccccc3)ncnc21. The van der Waals surface area contributed by atoms with Crippen LogP contribution in [-0.2, 0) is 38.6 Å². The number of hydrogen-bond donors (Lipinski definition) is 1. The molecule has 1 fully saturated rings. The van der Waals surface area contributed by atoms with E-state index in [2.05, 4.69) is 26.0 Å². The predicted molar refractivity (Wildman–Crippen MR) is 273 cm³/mol. The van der Waals surface area contributed by atoms with Crippen LogP contribution in [0.3, 0.4) is 0 Å². The number of hydrogen-bond acceptors (Lipinski definition) is 15. The van der Waals surface area contributed by atoms with E-state index in [1.54, 1.807) is 70.3 Å². The first kappa shape index (κ1) is 53.4. The van der Waals surface area contributed by atoms with Gasteiger partial charge < -0.3 is 43.0 Å². The average molecular weight is 1000 g/mol. The second-order valence-electron chi connectivity index (χ2n) is 18.3. The van der Waals surface area contributed by atoms with Gasteiger partial charge in [-0.05, 0) is 94.6 Å². The number of ether oxygens (including phenoxy) is 7. The van der Waals surface area contributed by atoms with Crippen LogP contribution < -0.4 is 14.8 Å². The van der Waals surface area contributed by atoms with Crippen LogP contribution in [0.25, 0.3) is 11.2 Å². The first-order valence-electron chi connectivity index (χ1n) is 23.8. The van der Waals surface area contributed by atoms with Crippen molar-refractivity contribution < 1.29 is 47.3 Å². The molecule has 6 aromatic rings. The van der Waals surface area contributed by atoms with Gasteiger partial charge in [-0.25, -0.2) is 15.0 Å². The number of amides is 1. The third kappa shape index (κ3) is 12.3. The molecule has 0 radical (unpaired) electrons. The Hall–Kier alpha value is -6.35. The standard InChI is InChI=1S/C54H64N7O10P/c1-36(2)61(37(3)4)72(33-45(62)70-53(5,6)28-29-55)71-47-44(32-68-54(39-18-14-11-15-19-39,40-20-24-42(65-8)25-21-40)41-22-26-43(66-9)27-23-41)69-52(48(47)67-31-30-64-7)60-35-58-46-49(56-34-57-50(46)60)59-51(63)38-16-12-10-13-17-38/h10-27,34-37,44,47-48,52H,28,30-33H2,1-9H3,(H,56,57,59,63)/t44-,47?,48+,52-,72?/m1/s1. The number of aromatic nitrogens is 4. The van der Waals surface area contributed by atoms with Crippen molar-refractivity contribution in [2.45, 2.75) is 95.8 Å². The maximum atomic E-state index is 14.1. The van der Waals surface area contributed by atoms with Gasteiger partial charge in [-0.2, -0.15) is 5.26 Å². The molecule has 380 valence electrons. The molecule has 0 aliphatic carbocycles. The van der Waals surface area contributed by atoms with E-state index >= 15 is 0 Å². The molecule has 2 aromatic heterocycles. The Morgan fingerprint density at radius 3 is 1.97 bits per heavy atom. The van der Waals surface area contributed by atoms with E-state index in [1.165, 1.54) is 6.33 Å². The van der Waals surface area contributed by atoms with Gasteiger partial charge in [0, 0.05) is 24.8 Å². The van der Waals surface area contributed by atoms with E-state index < -0.39 is 50.0 Å². The number of carbonyl (C=O) groups excluding carboxylic acids is 2. The number of fused-ring (bicyclic) bond motifs is 1. The molecule has 5 atom stereocenters. The number of rotatable bonds is 24. The van der Waals surface area contributed by atoms with E-state index in [0.717, 1.165) is 16.7 Å². The number of imidazole rings is 1. The monoisotopic (exact) mass is 1000 g/mol. The summed E-state index contributed by atoms with van der Waals surface area (Å²) in [5.41, 5.74) is 1.27. The molecule has 72 heavy (non-hydrogen) atoms. The van der Waals surface area contributed by atoms with E-state index in [-0.39, 0.29) is 56.2 Å². The lowest BCUT2D eigenvalue weighted by molar-refractivity contribution is -0.152. The third-order valence-corrected chi connectivity index (χ3v) is 14.6. The number of carbonyl (C=O) groups is 2. The lowest BCUT2D eigenvalue weighted by Crippen LogP contribution is -2.43. The number of nitrogens with one attached hydrogen (secondary N) is 1. The largest absolute Gasteiger partial charge is 0.497 e. The van der Waals surface area contributed by atoms with Crippen molar-refractivity contribution in [3.05, 3.63) is 144 Å². The van der Waals surface area contributed by atoms with Gasteiger partial charge in [0.2, 0.25) is 0 Å². The highest BCUT2D eigenvalue weighted by Crippen LogP contribution is 2.51. The minimum absolute atomic E-state index is 0.00813. The van der Waals surface area contributed by atoms with Crippen LogP contribution in [0.1, 0.15) is 81.2 Å². The molecule has 1 amide bonds. The summed E-state index contributed by atoms with van der Waals surface area (Å²) in [6.45, 7) is 11.9. The molecule has 7 rings (SSSR count). The van der Waals surface area contributed by atoms with Gasteiger partial charge in [-0.3, -0.25) is 18.8 Å². The van der Waals surface area contributed by atoms with Crippen molar-refractivity contribution in [2.75, 3.05) is 52.6 Å². The summed E-state index contributed by atoms with van der Waals surface area (Å²) in [5, 5.41) is 12.4. The lowest BCUT2D eigenvalue weighted by atomic mass is 9.80. The van der Waals surface area contributed by atoms with E-state index in [0.29, 0.717) is 28.2 Å². The zero-order valence-corrected chi connectivity index (χ0v) is 43.2. The van der Waals surface area contributed by atoms with Crippen LogP contribution in [-0.4, -0.2) is 119 Å². The summed E-state index contributed by atoms with van der Waals surface area (Å²) in [6, 6.07) is 36.2. The van der Waals surface area contributed by atoms with Crippen LogP contribution in [0.5, 0.6) is 11.5 Å². The molecule has 0 saturated carbocycles. The molecule has 0 spiro atoms. The topological polar surface area (TPSA) is 191 Å². The highest BCUT2D eigenvalue weighted by Gasteiger charge is 2.52. The Labute approximate surface area is 422 Å². The number of benzene rings is 4. The lowest BCUT2D eigenvalue weighted by Gasteiger charge is -2.40. The molecular formula is C54H64N7O10P. The molecule has 4 aromatic carbocycles. The number of nitrogens with zero attached hydrogens (tertiary/aromatic N) is 6. The predicted octanol–water partition coefficient (Wildman–Crippen LogP) is 9.08. The fraction of sp³-hybridized carbons (Fsp3) is 0.407. The zero-order chi connectivity index (χ0) is 51.4. The Bertz CT molecular complexity index is 2680. The molecule has 1 saturated heterocycles. The van der Waals surface area contributed by atoms with Crippen molar-refractivity contribution in [3.63, 3.8) is 0 Å². The fourth-order valence-electron chi connectivity index (χ4n) is 8.92. The Kier molecular flexibility index (Phi) is 18.1. The Balaban J connectivity index is 1.38. The third-order valence-electron chi connectivity index (χ3n) is 12.1. The number of anilines is 1. The molecule has 3 heterocycles. The highest BCUT2D eigenvalue weighted by molar-refractivity contribution is 7.51. The van der Waals surface area contributed by atoms with Crippen molar-refractivity contribution in [1.29, 1.82) is 5.26 Å². The van der Waals surface area contributed by atoms with Gasteiger partial charge in [0.25, 0.3) is 5.91 Å². The molecular weight excluding hydrogens is 938 g/mol. The summed E-state index contributed by atoms with van der Waals surface area (Å²) in [6.07, 6.45) is -0.864. The van der Waals surface area contributed by atoms with Gasteiger partial charge in [0.1, 0.15) is 61.8 Å². The van der Waals surface area contributed by atoms with E-state index in [1.807, 2.05) is 113 Å². The van der Waals surface area contributed by atoms with Crippen molar-refractivity contribution in [2.24, 2.45) is 0 Å². The summed E-state index contributed by atoms with van der Waals surface area (Å²) in [7, 11) is 3.02. The molecule has 1 aliphatic heterocycles. The maximum Gasteiger partial charge on any atom is 0.314 e. The van der Waals surface area contributed by atoms with Gasteiger partial charge in [0.05, 0.1) is 52.9 Å². The summed E-state index contributed by atoms with van der Waals surface area (Å²) >= 11 is 0. The molecule has 18 heteroatoms. The van der Waals surface area contributed by atoms with Crippen molar-refractivity contribution in [3.8, 4) is 17.6 Å². The summed E-state index contributed by atoms with van der Waals surface area (Å²) < 4.78 is 55.5. The summed E-state index contributed by atoms with van der Waals surface area (Å²) in [4.78, 5) is 41.3. The van der Waals surface area contributed by atoms with E-state index in [4.69, 9.17) is 42.7 Å². The van der Waals surface area contributed by atoms with Gasteiger partial charge in [-0.1, -0.05) is 72.8 Å². The number of nitriles is 1. The summed E-state index contributed by atoms with van der Waals surface area (Å²) in [5.74, 6) is 0.657. The molecule has 1 aliphatic rings. The normalized spacial score (nSPS) is 17.5. The minimum Gasteiger partial charge on any atom is -0.497 e. The minimum atomic E-state index is -1.81. The van der Waals surface area contributed by atoms with Crippen LogP contribution in [0.4, 0.5) is 5.82 Å². The maximum absolute atomic E-state index is 14.1. The van der Waals surface area contributed by atoms with E-state index in [9.17, 15) is 14.9 Å². The quantitative estimate of drug-likeness (QED) is 0.0261. The Morgan fingerprint density at radius 2 is 1.40 bits per heavy atom. The molecule has 1 N–H and O–H groups in total. The van der Waals surface area contributed by atoms with Crippen LogP contribution in [0.15, 0.2) is 122 Å².